The number of ether oxygens (including phenoxy) is 1. The van der Waals surface area contributed by atoms with Crippen LogP contribution in [0.25, 0.3) is 0 Å². The van der Waals surface area contributed by atoms with Gasteiger partial charge in [0.1, 0.15) is 0 Å². The lowest BCUT2D eigenvalue weighted by atomic mass is 10.2. The summed E-state index contributed by atoms with van der Waals surface area (Å²) in [4.78, 5) is 14.2. The molecule has 2 aromatic heterocycles. The lowest BCUT2D eigenvalue weighted by Gasteiger charge is -2.06. The molecule has 6 heteroatoms. The van der Waals surface area contributed by atoms with Gasteiger partial charge in [-0.3, -0.25) is 9.48 Å². The number of methoxy groups -OCH3 is 1. The molecule has 0 bridgehead atoms. The zero-order valence-electron chi connectivity index (χ0n) is 13.8. The van der Waals surface area contributed by atoms with E-state index < -0.39 is 0 Å². The highest BCUT2D eigenvalue weighted by Crippen LogP contribution is 2.20. The Morgan fingerprint density at radius 1 is 1.36 bits per heavy atom. The highest BCUT2D eigenvalue weighted by Gasteiger charge is 2.14. The number of carbonyl (C=O) groups is 1. The topological polar surface area (TPSA) is 56.1 Å². The molecule has 0 radical (unpaired) electrons. The van der Waals surface area contributed by atoms with Crippen LogP contribution < -0.4 is 5.32 Å². The van der Waals surface area contributed by atoms with Gasteiger partial charge < -0.3 is 10.1 Å². The predicted molar refractivity (Wildman–Crippen MR) is 88.5 cm³/mol. The summed E-state index contributed by atoms with van der Waals surface area (Å²) < 4.78 is 7.02. The number of rotatable bonds is 6. The van der Waals surface area contributed by atoms with E-state index >= 15 is 0 Å². The number of aryl methyl sites for hydroxylation is 3. The predicted octanol–water partition coefficient (Wildman–Crippen LogP) is 2.75. The number of aromatic nitrogens is 2. The van der Waals surface area contributed by atoms with E-state index in [-0.39, 0.29) is 5.91 Å². The molecule has 0 atom stereocenters. The SMILES string of the molecule is COCCn1nc(C)c(CNC(=O)c2cc(C)c(C)s2)c1C. The first-order chi connectivity index (χ1) is 10.4. The molecule has 1 N–H and O–H groups in total. The number of nitrogens with zero attached hydrogens (tertiary/aromatic N) is 2. The summed E-state index contributed by atoms with van der Waals surface area (Å²) in [5, 5.41) is 7.50. The van der Waals surface area contributed by atoms with Gasteiger partial charge in [0.05, 0.1) is 23.7 Å². The quantitative estimate of drug-likeness (QED) is 0.890. The van der Waals surface area contributed by atoms with E-state index in [0.29, 0.717) is 13.2 Å². The molecule has 0 aliphatic carbocycles. The van der Waals surface area contributed by atoms with Gasteiger partial charge in [0.2, 0.25) is 0 Å². The third-order valence-corrected chi connectivity index (χ3v) is 5.01. The van der Waals surface area contributed by atoms with Gasteiger partial charge in [-0.1, -0.05) is 0 Å². The van der Waals surface area contributed by atoms with E-state index in [1.165, 1.54) is 16.2 Å². The largest absolute Gasteiger partial charge is 0.383 e. The molecule has 120 valence electrons. The fourth-order valence-corrected chi connectivity index (χ4v) is 3.28. The molecule has 0 fully saturated rings. The minimum Gasteiger partial charge on any atom is -0.383 e. The smallest absolute Gasteiger partial charge is 0.261 e. The Labute approximate surface area is 135 Å². The molecule has 0 spiro atoms. The van der Waals surface area contributed by atoms with Crippen LogP contribution in [0.5, 0.6) is 0 Å². The Hall–Kier alpha value is -1.66. The fraction of sp³-hybridized carbons (Fsp3) is 0.500. The van der Waals surface area contributed by atoms with Crippen LogP contribution in [-0.2, 0) is 17.8 Å². The maximum atomic E-state index is 12.2. The third-order valence-electron chi connectivity index (χ3n) is 3.85. The molecule has 2 heterocycles. The Kier molecular flexibility index (Phi) is 5.37. The van der Waals surface area contributed by atoms with Crippen LogP contribution in [0.15, 0.2) is 6.07 Å². The molecule has 0 unspecified atom stereocenters. The molecule has 0 saturated carbocycles. The molecule has 0 aromatic carbocycles. The molecule has 0 aliphatic heterocycles. The van der Waals surface area contributed by atoms with Crippen molar-refractivity contribution in [2.45, 2.75) is 40.8 Å². The zero-order valence-corrected chi connectivity index (χ0v) is 14.6. The Morgan fingerprint density at radius 2 is 2.09 bits per heavy atom. The van der Waals surface area contributed by atoms with Gasteiger partial charge in [0, 0.05) is 29.8 Å². The van der Waals surface area contributed by atoms with Crippen LogP contribution in [0, 0.1) is 27.7 Å². The summed E-state index contributed by atoms with van der Waals surface area (Å²) >= 11 is 1.53. The molecule has 1 amide bonds. The van der Waals surface area contributed by atoms with E-state index in [0.717, 1.165) is 33.9 Å². The van der Waals surface area contributed by atoms with Crippen molar-refractivity contribution in [3.63, 3.8) is 0 Å². The zero-order chi connectivity index (χ0) is 16.3. The first-order valence-corrected chi connectivity index (χ1v) is 8.12. The highest BCUT2D eigenvalue weighted by atomic mass is 32.1. The Balaban J connectivity index is 2.05. The van der Waals surface area contributed by atoms with Crippen molar-refractivity contribution in [1.29, 1.82) is 0 Å². The molecule has 0 saturated heterocycles. The summed E-state index contributed by atoms with van der Waals surface area (Å²) in [6.07, 6.45) is 0. The van der Waals surface area contributed by atoms with E-state index in [2.05, 4.69) is 10.4 Å². The van der Waals surface area contributed by atoms with Crippen molar-refractivity contribution in [1.82, 2.24) is 15.1 Å². The normalized spacial score (nSPS) is 11.0. The molecule has 2 rings (SSSR count). The minimum atomic E-state index is -0.0235. The number of amides is 1. The Bertz CT molecular complexity index is 654. The third kappa shape index (κ3) is 3.56. The van der Waals surface area contributed by atoms with Crippen molar-refractivity contribution < 1.29 is 9.53 Å². The van der Waals surface area contributed by atoms with Crippen LogP contribution >= 0.6 is 11.3 Å². The average molecular weight is 321 g/mol. The molecular formula is C16H23N3O2S. The second kappa shape index (κ2) is 7.07. The number of hydrogen-bond donors (Lipinski definition) is 1. The van der Waals surface area contributed by atoms with E-state index in [1.807, 2.05) is 38.4 Å². The number of nitrogens with one attached hydrogen (secondary N) is 1. The lowest BCUT2D eigenvalue weighted by molar-refractivity contribution is 0.0955. The van der Waals surface area contributed by atoms with Crippen LogP contribution in [0.2, 0.25) is 0 Å². The first kappa shape index (κ1) is 16.7. The van der Waals surface area contributed by atoms with Crippen molar-refractivity contribution in [2.75, 3.05) is 13.7 Å². The van der Waals surface area contributed by atoms with Gasteiger partial charge in [-0.05, 0) is 39.3 Å². The van der Waals surface area contributed by atoms with Gasteiger partial charge >= 0.3 is 0 Å². The standard InChI is InChI=1S/C16H23N3O2S/c1-10-8-15(22-13(10)4)16(20)17-9-14-11(2)18-19(12(14)3)6-7-21-5/h8H,6-7,9H2,1-5H3,(H,17,20). The number of hydrogen-bond acceptors (Lipinski definition) is 4. The maximum absolute atomic E-state index is 12.2. The van der Waals surface area contributed by atoms with E-state index in [1.54, 1.807) is 7.11 Å². The van der Waals surface area contributed by atoms with Crippen LogP contribution in [-0.4, -0.2) is 29.4 Å². The summed E-state index contributed by atoms with van der Waals surface area (Å²) in [6.45, 7) is 9.90. The van der Waals surface area contributed by atoms with Crippen molar-refractivity contribution >= 4 is 17.2 Å². The molecule has 22 heavy (non-hydrogen) atoms. The molecule has 2 aromatic rings. The van der Waals surface area contributed by atoms with Gasteiger partial charge in [-0.2, -0.15) is 5.10 Å². The van der Waals surface area contributed by atoms with Gasteiger partial charge in [-0.25, -0.2) is 0 Å². The van der Waals surface area contributed by atoms with Crippen LogP contribution in [0.4, 0.5) is 0 Å². The van der Waals surface area contributed by atoms with Crippen LogP contribution in [0.3, 0.4) is 0 Å². The second-order valence-corrected chi connectivity index (χ2v) is 6.65. The monoisotopic (exact) mass is 321 g/mol. The van der Waals surface area contributed by atoms with Gasteiger partial charge in [0.25, 0.3) is 5.91 Å². The lowest BCUT2D eigenvalue weighted by Crippen LogP contribution is -2.22. The van der Waals surface area contributed by atoms with Crippen LogP contribution in [0.1, 0.15) is 37.1 Å². The highest BCUT2D eigenvalue weighted by molar-refractivity contribution is 7.14. The molecular weight excluding hydrogens is 298 g/mol. The average Bonchev–Trinajstić information content (AvgIpc) is 2.95. The maximum Gasteiger partial charge on any atom is 0.261 e. The molecule has 5 nitrogen and oxygen atoms in total. The van der Waals surface area contributed by atoms with Crippen molar-refractivity contribution in [3.05, 3.63) is 38.3 Å². The van der Waals surface area contributed by atoms with Gasteiger partial charge in [-0.15, -0.1) is 11.3 Å². The summed E-state index contributed by atoms with van der Waals surface area (Å²) in [7, 11) is 1.68. The number of carbonyl (C=O) groups excluding carboxylic acids is 1. The summed E-state index contributed by atoms with van der Waals surface area (Å²) in [6, 6.07) is 1.94. The van der Waals surface area contributed by atoms with Crippen molar-refractivity contribution in [2.24, 2.45) is 0 Å². The molecule has 0 aliphatic rings. The van der Waals surface area contributed by atoms with Gasteiger partial charge in [0.15, 0.2) is 0 Å². The number of thiophene rings is 1. The first-order valence-electron chi connectivity index (χ1n) is 7.31. The second-order valence-electron chi connectivity index (χ2n) is 5.40. The van der Waals surface area contributed by atoms with E-state index in [9.17, 15) is 4.79 Å². The Morgan fingerprint density at radius 3 is 2.68 bits per heavy atom. The minimum absolute atomic E-state index is 0.0235. The summed E-state index contributed by atoms with van der Waals surface area (Å²) in [5.41, 5.74) is 4.27. The summed E-state index contributed by atoms with van der Waals surface area (Å²) in [5.74, 6) is -0.0235. The van der Waals surface area contributed by atoms with Crippen molar-refractivity contribution in [3.8, 4) is 0 Å². The fourth-order valence-electron chi connectivity index (χ4n) is 2.33. The van der Waals surface area contributed by atoms with E-state index in [4.69, 9.17) is 4.74 Å².